The van der Waals surface area contributed by atoms with Gasteiger partial charge in [-0.25, -0.2) is 8.78 Å². The van der Waals surface area contributed by atoms with Crippen LogP contribution in [0.5, 0.6) is 0 Å². The van der Waals surface area contributed by atoms with Gasteiger partial charge in [-0.05, 0) is 12.1 Å². The molecule has 0 saturated carbocycles. The lowest BCUT2D eigenvalue weighted by atomic mass is 10.3. The van der Waals surface area contributed by atoms with Crippen LogP contribution in [0.1, 0.15) is 0 Å². The molecule has 0 spiro atoms. The quantitative estimate of drug-likeness (QED) is 0.683. The minimum Gasteiger partial charge on any atom is -0.282 e. The molecule has 66 valence electrons. The van der Waals surface area contributed by atoms with Crippen LogP contribution >= 0.6 is 0 Å². The number of rotatable bonds is 1. The van der Waals surface area contributed by atoms with Gasteiger partial charge < -0.3 is 0 Å². The zero-order chi connectivity index (χ0) is 9.35. The Morgan fingerprint density at radius 2 is 1.83 bits per heavy atom. The minimum absolute atomic E-state index is 0.378. The van der Waals surface area contributed by atoms with Crippen LogP contribution in [0, 0.1) is 11.6 Å². The van der Waals surface area contributed by atoms with Crippen LogP contribution in [0.25, 0.3) is 0 Å². The topological polar surface area (TPSA) is 54.4 Å². The maximum Gasteiger partial charge on any atom is 0.297 e. The highest BCUT2D eigenvalue weighted by atomic mass is 32.2. The fourth-order valence-corrected chi connectivity index (χ4v) is 1.23. The highest BCUT2D eigenvalue weighted by Crippen LogP contribution is 2.14. The lowest BCUT2D eigenvalue weighted by Crippen LogP contribution is -2.01. The van der Waals surface area contributed by atoms with Crippen molar-refractivity contribution in [3.05, 3.63) is 29.8 Å². The third-order valence-electron chi connectivity index (χ3n) is 1.17. The van der Waals surface area contributed by atoms with Gasteiger partial charge in [0.15, 0.2) is 0 Å². The first-order chi connectivity index (χ1) is 5.41. The molecule has 0 aliphatic rings. The Morgan fingerprint density at radius 1 is 1.25 bits per heavy atom. The Balaban J connectivity index is 3.39. The Kier molecular flexibility index (Phi) is 2.12. The van der Waals surface area contributed by atoms with Crippen molar-refractivity contribution in [3.8, 4) is 0 Å². The van der Waals surface area contributed by atoms with Crippen molar-refractivity contribution in [2.24, 2.45) is 0 Å². The molecule has 0 unspecified atom stereocenters. The van der Waals surface area contributed by atoms with Gasteiger partial charge in [-0.2, -0.15) is 8.42 Å². The average molecular weight is 194 g/mol. The number of hydrogen-bond acceptors (Lipinski definition) is 2. The summed E-state index contributed by atoms with van der Waals surface area (Å²) >= 11 is 0. The van der Waals surface area contributed by atoms with Gasteiger partial charge in [0.25, 0.3) is 10.1 Å². The summed E-state index contributed by atoms with van der Waals surface area (Å²) in [6.45, 7) is 0. The van der Waals surface area contributed by atoms with E-state index in [1.807, 2.05) is 0 Å². The first-order valence-corrected chi connectivity index (χ1v) is 4.28. The molecule has 0 heterocycles. The summed E-state index contributed by atoms with van der Waals surface area (Å²) in [5.74, 6) is -2.21. The molecule has 0 radical (unpaired) electrons. The molecule has 1 rings (SSSR count). The Hall–Kier alpha value is -1.01. The van der Waals surface area contributed by atoms with Gasteiger partial charge >= 0.3 is 0 Å². The van der Waals surface area contributed by atoms with Crippen LogP contribution in [0.15, 0.2) is 23.1 Å². The van der Waals surface area contributed by atoms with Crippen molar-refractivity contribution in [2.45, 2.75) is 4.90 Å². The second-order valence-electron chi connectivity index (χ2n) is 2.05. The first kappa shape index (κ1) is 9.08. The van der Waals surface area contributed by atoms with E-state index in [1.165, 1.54) is 0 Å². The van der Waals surface area contributed by atoms with E-state index >= 15 is 0 Å². The van der Waals surface area contributed by atoms with Crippen LogP contribution < -0.4 is 0 Å². The normalized spacial score (nSPS) is 11.6. The van der Waals surface area contributed by atoms with Gasteiger partial charge in [-0.15, -0.1) is 0 Å². The standard InChI is InChI=1S/C6H4F2O3S/c7-4-1-2-6(5(8)3-4)12(9,10)11/h1-3H,(H,9,10,11). The second-order valence-corrected chi connectivity index (χ2v) is 3.44. The molecule has 0 aliphatic carbocycles. The Labute approximate surface area is 67.4 Å². The van der Waals surface area contributed by atoms with E-state index in [1.54, 1.807) is 0 Å². The molecule has 3 nitrogen and oxygen atoms in total. The fourth-order valence-electron chi connectivity index (χ4n) is 0.684. The number of benzene rings is 1. The SMILES string of the molecule is O=S(=O)(O)c1ccc(F)cc1F. The zero-order valence-corrected chi connectivity index (χ0v) is 6.48. The van der Waals surface area contributed by atoms with Gasteiger partial charge in [0.2, 0.25) is 0 Å². The van der Waals surface area contributed by atoms with Crippen molar-refractivity contribution in [2.75, 3.05) is 0 Å². The van der Waals surface area contributed by atoms with Crippen molar-refractivity contribution >= 4 is 10.1 Å². The maximum absolute atomic E-state index is 12.6. The summed E-state index contributed by atoms with van der Waals surface area (Å²) in [4.78, 5) is -0.927. The Bertz CT molecular complexity index is 399. The van der Waals surface area contributed by atoms with E-state index in [2.05, 4.69) is 0 Å². The summed E-state index contributed by atoms with van der Waals surface area (Å²) in [5.41, 5.74) is 0. The first-order valence-electron chi connectivity index (χ1n) is 2.84. The smallest absolute Gasteiger partial charge is 0.282 e. The van der Waals surface area contributed by atoms with Crippen molar-refractivity contribution in [1.82, 2.24) is 0 Å². The summed E-state index contributed by atoms with van der Waals surface area (Å²) in [5, 5.41) is 0. The predicted molar refractivity (Wildman–Crippen MR) is 36.2 cm³/mol. The molecule has 12 heavy (non-hydrogen) atoms. The molecule has 0 bridgehead atoms. The monoisotopic (exact) mass is 194 g/mol. The summed E-state index contributed by atoms with van der Waals surface area (Å²) in [6, 6.07) is 1.77. The summed E-state index contributed by atoms with van der Waals surface area (Å²) in [7, 11) is -4.59. The number of hydrogen-bond donors (Lipinski definition) is 1. The van der Waals surface area contributed by atoms with Gasteiger partial charge in [-0.3, -0.25) is 4.55 Å². The van der Waals surface area contributed by atoms with E-state index in [0.717, 1.165) is 6.07 Å². The van der Waals surface area contributed by atoms with Gasteiger partial charge in [-0.1, -0.05) is 0 Å². The molecule has 0 aliphatic heterocycles. The van der Waals surface area contributed by atoms with Crippen LogP contribution in [0.4, 0.5) is 8.78 Å². The van der Waals surface area contributed by atoms with Gasteiger partial charge in [0.1, 0.15) is 16.5 Å². The number of halogens is 2. The second kappa shape index (κ2) is 2.80. The zero-order valence-electron chi connectivity index (χ0n) is 5.66. The highest BCUT2D eigenvalue weighted by molar-refractivity contribution is 7.85. The van der Waals surface area contributed by atoms with Crippen LogP contribution in [-0.2, 0) is 10.1 Å². The summed E-state index contributed by atoms with van der Waals surface area (Å²) < 4.78 is 53.9. The van der Waals surface area contributed by atoms with E-state index in [0.29, 0.717) is 12.1 Å². The van der Waals surface area contributed by atoms with Crippen molar-refractivity contribution < 1.29 is 21.8 Å². The maximum atomic E-state index is 12.6. The molecule has 0 fully saturated rings. The highest BCUT2D eigenvalue weighted by Gasteiger charge is 2.15. The van der Waals surface area contributed by atoms with Crippen LogP contribution in [-0.4, -0.2) is 13.0 Å². The Morgan fingerprint density at radius 3 is 2.25 bits per heavy atom. The molecular weight excluding hydrogens is 190 g/mol. The predicted octanol–water partition coefficient (Wildman–Crippen LogP) is 1.21. The van der Waals surface area contributed by atoms with E-state index in [4.69, 9.17) is 4.55 Å². The van der Waals surface area contributed by atoms with E-state index in [-0.39, 0.29) is 0 Å². The average Bonchev–Trinajstić information content (AvgIpc) is 1.83. The van der Waals surface area contributed by atoms with E-state index < -0.39 is 26.6 Å². The third kappa shape index (κ3) is 1.77. The molecule has 6 heteroatoms. The van der Waals surface area contributed by atoms with Crippen LogP contribution in [0.3, 0.4) is 0 Å². The molecule has 0 aromatic heterocycles. The minimum atomic E-state index is -4.59. The van der Waals surface area contributed by atoms with Crippen molar-refractivity contribution in [1.29, 1.82) is 0 Å². The van der Waals surface area contributed by atoms with Crippen LogP contribution in [0.2, 0.25) is 0 Å². The van der Waals surface area contributed by atoms with Gasteiger partial charge in [0.05, 0.1) is 0 Å². The largest absolute Gasteiger partial charge is 0.297 e. The molecule has 1 aromatic carbocycles. The summed E-state index contributed by atoms with van der Waals surface area (Å²) in [6.07, 6.45) is 0. The van der Waals surface area contributed by atoms with Crippen molar-refractivity contribution in [3.63, 3.8) is 0 Å². The molecular formula is C6H4F2O3S. The van der Waals surface area contributed by atoms with Gasteiger partial charge in [0, 0.05) is 6.07 Å². The fraction of sp³-hybridized carbons (Fsp3) is 0. The molecule has 0 saturated heterocycles. The molecule has 0 atom stereocenters. The lowest BCUT2D eigenvalue weighted by molar-refractivity contribution is 0.471. The molecule has 1 aromatic rings. The molecule has 1 N–H and O–H groups in total. The molecule has 0 amide bonds. The lowest BCUT2D eigenvalue weighted by Gasteiger charge is -1.97. The van der Waals surface area contributed by atoms with E-state index in [9.17, 15) is 17.2 Å². The third-order valence-corrected chi connectivity index (χ3v) is 2.06.